The van der Waals surface area contributed by atoms with Crippen molar-refractivity contribution in [2.75, 3.05) is 6.54 Å². The quantitative estimate of drug-likeness (QED) is 0.625. The minimum Gasteiger partial charge on any atom is -0.337 e. The van der Waals surface area contributed by atoms with Crippen LogP contribution in [0, 0.1) is 12.7 Å². The summed E-state index contributed by atoms with van der Waals surface area (Å²) in [7, 11) is -3.88. The molecule has 1 saturated heterocycles. The molecule has 0 spiro atoms. The maximum atomic E-state index is 13.4. The van der Waals surface area contributed by atoms with Crippen LogP contribution >= 0.6 is 11.6 Å². The van der Waals surface area contributed by atoms with Gasteiger partial charge in [-0.05, 0) is 44.0 Å². The Morgan fingerprint density at radius 1 is 1.25 bits per heavy atom. The van der Waals surface area contributed by atoms with E-state index in [0.717, 1.165) is 23.3 Å². The Kier molecular flexibility index (Phi) is 4.95. The average Bonchev–Trinajstić information content (AvgIpc) is 3.33. The molecule has 0 N–H and O–H groups in total. The topological polar surface area (TPSA) is 76.3 Å². The molecule has 9 heteroatoms. The van der Waals surface area contributed by atoms with Crippen molar-refractivity contribution in [1.82, 2.24) is 14.4 Å². The molecule has 1 fully saturated rings. The van der Waals surface area contributed by atoms with E-state index in [1.807, 2.05) is 31.2 Å². The molecule has 0 bridgehead atoms. The number of hydrogen-bond acceptors (Lipinski definition) is 5. The van der Waals surface area contributed by atoms with Crippen LogP contribution in [0.15, 0.2) is 51.9 Å². The van der Waals surface area contributed by atoms with Crippen LogP contribution in [0.4, 0.5) is 4.39 Å². The van der Waals surface area contributed by atoms with E-state index in [2.05, 4.69) is 10.1 Å². The molecule has 0 saturated carbocycles. The number of aryl methyl sites for hydroxylation is 1. The van der Waals surface area contributed by atoms with Crippen molar-refractivity contribution < 1.29 is 17.3 Å². The van der Waals surface area contributed by atoms with Crippen LogP contribution in [0.25, 0.3) is 11.4 Å². The van der Waals surface area contributed by atoms with E-state index in [9.17, 15) is 12.8 Å². The summed E-state index contributed by atoms with van der Waals surface area (Å²) in [6, 6.07) is 10.5. The molecule has 0 amide bonds. The van der Waals surface area contributed by atoms with E-state index in [4.69, 9.17) is 16.1 Å². The lowest BCUT2D eigenvalue weighted by molar-refractivity contribution is 0.290. The summed E-state index contributed by atoms with van der Waals surface area (Å²) in [5, 5.41) is 3.77. The van der Waals surface area contributed by atoms with Crippen LogP contribution in [0.1, 0.15) is 30.3 Å². The normalized spacial score (nSPS) is 17.9. The Morgan fingerprint density at radius 3 is 2.82 bits per heavy atom. The van der Waals surface area contributed by atoms with Gasteiger partial charge in [-0.1, -0.05) is 40.5 Å². The van der Waals surface area contributed by atoms with Crippen LogP contribution in [0.2, 0.25) is 5.02 Å². The second kappa shape index (κ2) is 7.27. The predicted octanol–water partition coefficient (Wildman–Crippen LogP) is 4.36. The third-order valence-electron chi connectivity index (χ3n) is 4.70. The van der Waals surface area contributed by atoms with Crippen molar-refractivity contribution in [3.05, 3.63) is 64.8 Å². The summed E-state index contributed by atoms with van der Waals surface area (Å²) in [6.07, 6.45) is 1.21. The number of rotatable bonds is 4. The summed E-state index contributed by atoms with van der Waals surface area (Å²) in [4.78, 5) is 4.36. The third-order valence-corrected chi connectivity index (χ3v) is 6.90. The van der Waals surface area contributed by atoms with Gasteiger partial charge in [0.2, 0.25) is 21.7 Å². The van der Waals surface area contributed by atoms with Gasteiger partial charge in [-0.25, -0.2) is 12.8 Å². The molecule has 3 aromatic rings. The molecular weight excluding hydrogens is 405 g/mol. The van der Waals surface area contributed by atoms with E-state index < -0.39 is 21.9 Å². The smallest absolute Gasteiger partial charge is 0.245 e. The monoisotopic (exact) mass is 421 g/mol. The predicted molar refractivity (Wildman–Crippen MR) is 102 cm³/mol. The molecule has 1 aromatic heterocycles. The largest absolute Gasteiger partial charge is 0.337 e. The number of hydrogen-bond donors (Lipinski definition) is 0. The van der Waals surface area contributed by atoms with Crippen LogP contribution in [0.5, 0.6) is 0 Å². The molecule has 2 aromatic carbocycles. The Hall–Kier alpha value is -2.29. The first-order valence-corrected chi connectivity index (χ1v) is 10.6. The van der Waals surface area contributed by atoms with Crippen molar-refractivity contribution in [3.8, 4) is 11.4 Å². The Balaban J connectivity index is 1.66. The van der Waals surface area contributed by atoms with Crippen molar-refractivity contribution in [3.63, 3.8) is 0 Å². The lowest BCUT2D eigenvalue weighted by Gasteiger charge is -2.21. The highest BCUT2D eigenvalue weighted by molar-refractivity contribution is 7.89. The van der Waals surface area contributed by atoms with Gasteiger partial charge in [0.25, 0.3) is 0 Å². The highest BCUT2D eigenvalue weighted by atomic mass is 35.5. The zero-order valence-electron chi connectivity index (χ0n) is 15.0. The number of aromatic nitrogens is 2. The second-order valence-corrected chi connectivity index (χ2v) is 8.97. The van der Waals surface area contributed by atoms with Crippen LogP contribution < -0.4 is 0 Å². The molecule has 1 unspecified atom stereocenters. The zero-order valence-corrected chi connectivity index (χ0v) is 16.5. The number of nitrogens with zero attached hydrogens (tertiary/aromatic N) is 3. The van der Waals surface area contributed by atoms with E-state index in [0.29, 0.717) is 25.2 Å². The van der Waals surface area contributed by atoms with E-state index in [1.165, 1.54) is 10.4 Å². The van der Waals surface area contributed by atoms with Gasteiger partial charge >= 0.3 is 0 Å². The first-order chi connectivity index (χ1) is 13.4. The molecule has 1 aliphatic heterocycles. The SMILES string of the molecule is Cc1cccc(-c2noc(C3CCCN3S(=O)(=O)c3ccc(F)c(Cl)c3)n2)c1. The fraction of sp³-hybridized carbons (Fsp3) is 0.263. The van der Waals surface area contributed by atoms with Gasteiger partial charge in [0.15, 0.2) is 0 Å². The van der Waals surface area contributed by atoms with Crippen molar-refractivity contribution in [1.29, 1.82) is 0 Å². The summed E-state index contributed by atoms with van der Waals surface area (Å²) in [5.41, 5.74) is 1.86. The van der Waals surface area contributed by atoms with E-state index in [-0.39, 0.29) is 15.8 Å². The molecule has 28 heavy (non-hydrogen) atoms. The van der Waals surface area contributed by atoms with Gasteiger partial charge in [-0.3, -0.25) is 0 Å². The molecule has 2 heterocycles. The number of sulfonamides is 1. The second-order valence-electron chi connectivity index (χ2n) is 6.68. The van der Waals surface area contributed by atoms with Crippen LogP contribution in [0.3, 0.4) is 0 Å². The highest BCUT2D eigenvalue weighted by Crippen LogP contribution is 2.37. The standard InChI is InChI=1S/C19H17ClFN3O3S/c1-12-4-2-5-13(10-12)18-22-19(27-23-18)17-6-3-9-24(17)28(25,26)14-7-8-16(21)15(20)11-14/h2,4-5,7-8,10-11,17H,3,6,9H2,1H3. The molecule has 1 atom stereocenters. The summed E-state index contributed by atoms with van der Waals surface area (Å²) in [6.45, 7) is 2.27. The van der Waals surface area contributed by atoms with Gasteiger partial charge in [0.1, 0.15) is 11.9 Å². The lowest BCUT2D eigenvalue weighted by atomic mass is 10.1. The fourth-order valence-electron chi connectivity index (χ4n) is 3.32. The minimum atomic E-state index is -3.88. The van der Waals surface area contributed by atoms with Gasteiger partial charge in [-0.15, -0.1) is 0 Å². The molecule has 0 radical (unpaired) electrons. The highest BCUT2D eigenvalue weighted by Gasteiger charge is 2.39. The van der Waals surface area contributed by atoms with Gasteiger partial charge < -0.3 is 4.52 Å². The molecule has 4 rings (SSSR count). The summed E-state index contributed by atoms with van der Waals surface area (Å²) >= 11 is 5.77. The summed E-state index contributed by atoms with van der Waals surface area (Å²) < 4.78 is 46.2. The maximum absolute atomic E-state index is 13.4. The Labute approximate surface area is 167 Å². The van der Waals surface area contributed by atoms with Gasteiger partial charge in [-0.2, -0.15) is 9.29 Å². The van der Waals surface area contributed by atoms with E-state index in [1.54, 1.807) is 0 Å². The minimum absolute atomic E-state index is 0.0655. The average molecular weight is 422 g/mol. The molecular formula is C19H17ClFN3O3S. The van der Waals surface area contributed by atoms with Gasteiger partial charge in [0.05, 0.1) is 9.92 Å². The molecule has 146 valence electrons. The Morgan fingerprint density at radius 2 is 2.07 bits per heavy atom. The van der Waals surface area contributed by atoms with Crippen molar-refractivity contribution in [2.24, 2.45) is 0 Å². The van der Waals surface area contributed by atoms with Crippen LogP contribution in [-0.4, -0.2) is 29.4 Å². The fourth-order valence-corrected chi connectivity index (χ4v) is 5.24. The van der Waals surface area contributed by atoms with Crippen molar-refractivity contribution in [2.45, 2.75) is 30.7 Å². The number of benzene rings is 2. The van der Waals surface area contributed by atoms with Crippen molar-refractivity contribution >= 4 is 21.6 Å². The molecule has 0 aliphatic carbocycles. The van der Waals surface area contributed by atoms with Gasteiger partial charge in [0, 0.05) is 12.1 Å². The first-order valence-electron chi connectivity index (χ1n) is 8.74. The summed E-state index contributed by atoms with van der Waals surface area (Å²) in [5.74, 6) is -0.0168. The Bertz CT molecular complexity index is 1130. The lowest BCUT2D eigenvalue weighted by Crippen LogP contribution is -2.30. The van der Waals surface area contributed by atoms with Crippen LogP contribution in [-0.2, 0) is 10.0 Å². The third kappa shape index (κ3) is 3.43. The molecule has 1 aliphatic rings. The van der Waals surface area contributed by atoms with E-state index >= 15 is 0 Å². The number of halogens is 2. The maximum Gasteiger partial charge on any atom is 0.245 e. The zero-order chi connectivity index (χ0) is 19.9. The first kappa shape index (κ1) is 19.0. The molecule has 6 nitrogen and oxygen atoms in total.